The van der Waals surface area contributed by atoms with E-state index in [2.05, 4.69) is 39.3 Å². The molecule has 0 amide bonds. The fourth-order valence-corrected chi connectivity index (χ4v) is 4.19. The number of rotatable bonds is 11. The standard InChI is InChI=1S/C24H30N6O4/c1-16(2)22(23-26-27-28-30(23)9-11-32-3)29(15-20-6-5-10-34-20)14-18-12-17-13-19(33-4)7-8-21(17)25-24(18)31/h5-8,10,12-13,16,22H,9,11,14-15H2,1-4H3,(H,25,31)/t22-/m0/s1. The van der Waals surface area contributed by atoms with Gasteiger partial charge in [0.2, 0.25) is 0 Å². The van der Waals surface area contributed by atoms with E-state index in [9.17, 15) is 4.79 Å². The minimum Gasteiger partial charge on any atom is -0.497 e. The van der Waals surface area contributed by atoms with Gasteiger partial charge in [-0.15, -0.1) is 5.10 Å². The molecule has 10 nitrogen and oxygen atoms in total. The van der Waals surface area contributed by atoms with Crippen molar-refractivity contribution >= 4 is 10.9 Å². The zero-order chi connectivity index (χ0) is 24.1. The quantitative estimate of drug-likeness (QED) is 0.359. The summed E-state index contributed by atoms with van der Waals surface area (Å²) in [7, 11) is 3.27. The van der Waals surface area contributed by atoms with Crippen LogP contribution < -0.4 is 10.3 Å². The molecule has 3 heterocycles. The molecule has 1 aromatic carbocycles. The van der Waals surface area contributed by atoms with Gasteiger partial charge in [0, 0.05) is 30.1 Å². The number of nitrogens with one attached hydrogen (secondary N) is 1. The van der Waals surface area contributed by atoms with Crippen LogP contribution in [0.3, 0.4) is 0 Å². The number of nitrogens with zero attached hydrogens (tertiary/aromatic N) is 5. The number of H-pyrrole nitrogens is 1. The minimum absolute atomic E-state index is 0.136. The van der Waals surface area contributed by atoms with Crippen LogP contribution in [0, 0.1) is 5.92 Å². The van der Waals surface area contributed by atoms with Crippen molar-refractivity contribution < 1.29 is 13.9 Å². The van der Waals surface area contributed by atoms with Crippen molar-refractivity contribution in [3.8, 4) is 5.75 Å². The van der Waals surface area contributed by atoms with Gasteiger partial charge in [0.1, 0.15) is 11.5 Å². The van der Waals surface area contributed by atoms with Crippen molar-refractivity contribution in [1.29, 1.82) is 0 Å². The summed E-state index contributed by atoms with van der Waals surface area (Å²) in [5.41, 5.74) is 1.26. The van der Waals surface area contributed by atoms with Crippen molar-refractivity contribution in [2.24, 2.45) is 5.92 Å². The molecular weight excluding hydrogens is 436 g/mol. The van der Waals surface area contributed by atoms with Gasteiger partial charge < -0.3 is 18.9 Å². The number of tetrazole rings is 1. The lowest BCUT2D eigenvalue weighted by Crippen LogP contribution is -2.35. The number of methoxy groups -OCH3 is 2. The van der Waals surface area contributed by atoms with Crippen molar-refractivity contribution in [2.75, 3.05) is 20.8 Å². The predicted molar refractivity (Wildman–Crippen MR) is 126 cm³/mol. The van der Waals surface area contributed by atoms with Crippen molar-refractivity contribution in [3.63, 3.8) is 0 Å². The lowest BCUT2D eigenvalue weighted by Gasteiger charge is -2.32. The molecule has 0 aliphatic carbocycles. The van der Waals surface area contributed by atoms with Gasteiger partial charge >= 0.3 is 0 Å². The zero-order valence-corrected chi connectivity index (χ0v) is 19.9. The van der Waals surface area contributed by atoms with Crippen LogP contribution in [0.1, 0.15) is 37.0 Å². The molecule has 180 valence electrons. The second-order valence-corrected chi connectivity index (χ2v) is 8.50. The van der Waals surface area contributed by atoms with Crippen LogP contribution in [0.4, 0.5) is 0 Å². The molecule has 0 saturated carbocycles. The van der Waals surface area contributed by atoms with Gasteiger partial charge in [-0.1, -0.05) is 13.8 Å². The van der Waals surface area contributed by atoms with Crippen LogP contribution in [0.2, 0.25) is 0 Å². The van der Waals surface area contributed by atoms with Gasteiger partial charge in [-0.05, 0) is 52.7 Å². The Balaban J connectivity index is 1.74. The molecule has 0 saturated heterocycles. The van der Waals surface area contributed by atoms with E-state index in [1.165, 1.54) is 0 Å². The smallest absolute Gasteiger partial charge is 0.252 e. The number of fused-ring (bicyclic) bond motifs is 1. The number of ether oxygens (including phenoxy) is 2. The number of hydrogen-bond donors (Lipinski definition) is 1. The number of hydrogen-bond acceptors (Lipinski definition) is 8. The maximum absolute atomic E-state index is 13.0. The van der Waals surface area contributed by atoms with Gasteiger partial charge in [-0.2, -0.15) is 0 Å². The van der Waals surface area contributed by atoms with Crippen LogP contribution in [0.5, 0.6) is 5.75 Å². The molecule has 34 heavy (non-hydrogen) atoms. The largest absolute Gasteiger partial charge is 0.497 e. The summed E-state index contributed by atoms with van der Waals surface area (Å²) >= 11 is 0. The van der Waals surface area contributed by atoms with Gasteiger partial charge in [0.05, 0.1) is 39.1 Å². The maximum atomic E-state index is 13.0. The molecular formula is C24H30N6O4. The van der Waals surface area contributed by atoms with E-state index < -0.39 is 0 Å². The average Bonchev–Trinajstić information content (AvgIpc) is 3.50. The minimum atomic E-state index is -0.169. The summed E-state index contributed by atoms with van der Waals surface area (Å²) in [6.45, 7) is 6.13. The summed E-state index contributed by atoms with van der Waals surface area (Å²) in [6.07, 6.45) is 1.65. The van der Waals surface area contributed by atoms with Crippen LogP contribution >= 0.6 is 0 Å². The van der Waals surface area contributed by atoms with Gasteiger partial charge in [-0.25, -0.2) is 4.68 Å². The van der Waals surface area contributed by atoms with E-state index in [1.807, 2.05) is 36.4 Å². The third-order valence-electron chi connectivity index (χ3n) is 5.80. The first-order valence-electron chi connectivity index (χ1n) is 11.2. The molecule has 0 radical (unpaired) electrons. The molecule has 0 fully saturated rings. The molecule has 1 atom stereocenters. The fraction of sp³-hybridized carbons (Fsp3) is 0.417. The molecule has 3 aromatic heterocycles. The number of aromatic amines is 1. The highest BCUT2D eigenvalue weighted by molar-refractivity contribution is 5.80. The van der Waals surface area contributed by atoms with E-state index in [0.717, 1.165) is 28.2 Å². The summed E-state index contributed by atoms with van der Waals surface area (Å²) in [6, 6.07) is 11.1. The first kappa shape index (κ1) is 23.7. The number of furan rings is 1. The maximum Gasteiger partial charge on any atom is 0.252 e. The number of benzene rings is 1. The lowest BCUT2D eigenvalue weighted by molar-refractivity contribution is 0.112. The van der Waals surface area contributed by atoms with E-state index in [1.54, 1.807) is 25.2 Å². The third kappa shape index (κ3) is 5.18. The normalized spacial score (nSPS) is 12.6. The monoisotopic (exact) mass is 466 g/mol. The van der Waals surface area contributed by atoms with Crippen molar-refractivity contribution in [2.45, 2.75) is 39.5 Å². The van der Waals surface area contributed by atoms with E-state index in [4.69, 9.17) is 13.9 Å². The highest BCUT2D eigenvalue weighted by Gasteiger charge is 2.30. The van der Waals surface area contributed by atoms with E-state index in [0.29, 0.717) is 31.8 Å². The van der Waals surface area contributed by atoms with Gasteiger partial charge in [0.25, 0.3) is 5.56 Å². The fourth-order valence-electron chi connectivity index (χ4n) is 4.19. The molecule has 0 bridgehead atoms. The highest BCUT2D eigenvalue weighted by atomic mass is 16.5. The molecule has 4 rings (SSSR count). The number of pyridine rings is 1. The van der Waals surface area contributed by atoms with Crippen molar-refractivity contribution in [1.82, 2.24) is 30.1 Å². The molecule has 1 N–H and O–H groups in total. The molecule has 4 aromatic rings. The first-order chi connectivity index (χ1) is 16.5. The third-order valence-corrected chi connectivity index (χ3v) is 5.80. The Bertz CT molecular complexity index is 1260. The summed E-state index contributed by atoms with van der Waals surface area (Å²) in [4.78, 5) is 18.2. The Morgan fingerprint density at radius 1 is 1.18 bits per heavy atom. The Kier molecular flexibility index (Phi) is 7.39. The summed E-state index contributed by atoms with van der Waals surface area (Å²) < 4.78 is 18.0. The van der Waals surface area contributed by atoms with Gasteiger partial charge in [-0.3, -0.25) is 9.69 Å². The van der Waals surface area contributed by atoms with Crippen molar-refractivity contribution in [3.05, 3.63) is 70.2 Å². The Hall–Kier alpha value is -3.50. The van der Waals surface area contributed by atoms with Crippen LogP contribution in [-0.2, 0) is 24.4 Å². The molecule has 0 aliphatic heterocycles. The molecule has 0 unspecified atom stereocenters. The van der Waals surface area contributed by atoms with E-state index in [-0.39, 0.29) is 17.5 Å². The summed E-state index contributed by atoms with van der Waals surface area (Å²) in [5, 5.41) is 13.3. The SMILES string of the molecule is COCCn1nnnc1[C@H](C(C)C)N(Cc1ccco1)Cc1cc2cc(OC)ccc2[nH]c1=O. The summed E-state index contributed by atoms with van der Waals surface area (Å²) in [5.74, 6) is 2.40. The van der Waals surface area contributed by atoms with Gasteiger partial charge in [0.15, 0.2) is 5.82 Å². The van der Waals surface area contributed by atoms with E-state index >= 15 is 0 Å². The second kappa shape index (κ2) is 10.6. The van der Waals surface area contributed by atoms with Crippen LogP contribution in [-0.4, -0.2) is 50.9 Å². The molecule has 0 spiro atoms. The second-order valence-electron chi connectivity index (χ2n) is 8.50. The predicted octanol–water partition coefficient (Wildman–Crippen LogP) is 3.16. The van der Waals surface area contributed by atoms with Crippen LogP contribution in [0.25, 0.3) is 10.9 Å². The molecule has 10 heteroatoms. The average molecular weight is 467 g/mol. The number of aromatic nitrogens is 5. The zero-order valence-electron chi connectivity index (χ0n) is 19.9. The lowest BCUT2D eigenvalue weighted by atomic mass is 10.00. The topological polar surface area (TPSA) is 111 Å². The Labute approximate surface area is 197 Å². The highest BCUT2D eigenvalue weighted by Crippen LogP contribution is 2.30. The first-order valence-corrected chi connectivity index (χ1v) is 11.2. The Morgan fingerprint density at radius 3 is 2.74 bits per heavy atom. The Morgan fingerprint density at radius 2 is 2.03 bits per heavy atom. The van der Waals surface area contributed by atoms with Crippen LogP contribution in [0.15, 0.2) is 51.9 Å². The molecule has 0 aliphatic rings.